The summed E-state index contributed by atoms with van der Waals surface area (Å²) in [7, 11) is 0. The lowest BCUT2D eigenvalue weighted by Crippen LogP contribution is -2.25. The van der Waals surface area contributed by atoms with Crippen LogP contribution in [-0.4, -0.2) is 22.5 Å². The number of aromatic nitrogens is 1. The number of fused-ring (bicyclic) bond motifs is 1. The van der Waals surface area contributed by atoms with Crippen LogP contribution in [-0.2, 0) is 6.42 Å². The summed E-state index contributed by atoms with van der Waals surface area (Å²) in [6.45, 7) is 0.527. The molecule has 2 aromatic carbocycles. The number of phenols is 1. The van der Waals surface area contributed by atoms with E-state index in [1.807, 2.05) is 12.3 Å². The van der Waals surface area contributed by atoms with E-state index in [9.17, 15) is 9.90 Å². The minimum absolute atomic E-state index is 0.00260. The normalized spacial score (nSPS) is 10.7. The Morgan fingerprint density at radius 3 is 2.86 bits per heavy atom. The summed E-state index contributed by atoms with van der Waals surface area (Å²) in [4.78, 5) is 15.1. The van der Waals surface area contributed by atoms with Gasteiger partial charge in [-0.3, -0.25) is 4.79 Å². The van der Waals surface area contributed by atoms with Crippen LogP contribution >= 0.6 is 0 Å². The third kappa shape index (κ3) is 2.89. The highest BCUT2D eigenvalue weighted by Gasteiger charge is 2.09. The van der Waals surface area contributed by atoms with Gasteiger partial charge in [-0.15, -0.1) is 0 Å². The molecule has 1 aromatic heterocycles. The first kappa shape index (κ1) is 13.2. The maximum absolute atomic E-state index is 11.9. The minimum atomic E-state index is -0.256. The maximum Gasteiger partial charge on any atom is 0.255 e. The van der Waals surface area contributed by atoms with Crippen LogP contribution in [0.5, 0.6) is 5.75 Å². The molecular formula is C17H16N2O2. The second kappa shape index (κ2) is 5.71. The fourth-order valence-corrected chi connectivity index (χ4v) is 2.33. The van der Waals surface area contributed by atoms with Crippen LogP contribution in [0.2, 0.25) is 0 Å². The predicted octanol–water partition coefficient (Wildman–Crippen LogP) is 2.85. The van der Waals surface area contributed by atoms with Crippen molar-refractivity contribution in [3.8, 4) is 5.75 Å². The molecule has 0 aliphatic rings. The van der Waals surface area contributed by atoms with Crippen molar-refractivity contribution in [2.45, 2.75) is 6.42 Å². The van der Waals surface area contributed by atoms with Crippen LogP contribution in [0.4, 0.5) is 0 Å². The van der Waals surface area contributed by atoms with E-state index >= 15 is 0 Å². The molecule has 0 radical (unpaired) electrons. The Morgan fingerprint density at radius 2 is 2.00 bits per heavy atom. The van der Waals surface area contributed by atoms with Crippen molar-refractivity contribution in [3.05, 3.63) is 65.9 Å². The molecule has 1 heterocycles. The molecule has 4 nitrogen and oxygen atoms in total. The van der Waals surface area contributed by atoms with Crippen molar-refractivity contribution in [3.63, 3.8) is 0 Å². The average molecular weight is 280 g/mol. The lowest BCUT2D eigenvalue weighted by molar-refractivity contribution is 0.0951. The number of amides is 1. The van der Waals surface area contributed by atoms with Crippen molar-refractivity contribution in [2.24, 2.45) is 0 Å². The number of carbonyl (C=O) groups excluding carboxylic acids is 1. The predicted molar refractivity (Wildman–Crippen MR) is 82.4 cm³/mol. The second-order valence-electron chi connectivity index (χ2n) is 4.92. The Morgan fingerprint density at radius 1 is 1.14 bits per heavy atom. The molecular weight excluding hydrogens is 264 g/mol. The van der Waals surface area contributed by atoms with Gasteiger partial charge in [-0.1, -0.05) is 24.3 Å². The largest absolute Gasteiger partial charge is 0.507 e. The molecule has 0 unspecified atom stereocenters. The second-order valence-corrected chi connectivity index (χ2v) is 4.92. The summed E-state index contributed by atoms with van der Waals surface area (Å²) in [6, 6.07) is 14.8. The fraction of sp³-hybridized carbons (Fsp3) is 0.118. The highest BCUT2D eigenvalue weighted by Crippen LogP contribution is 2.16. The molecule has 0 aliphatic carbocycles. The van der Waals surface area contributed by atoms with Crippen LogP contribution in [0.1, 0.15) is 15.9 Å². The summed E-state index contributed by atoms with van der Waals surface area (Å²) in [5.41, 5.74) is 2.55. The van der Waals surface area contributed by atoms with Crippen molar-refractivity contribution in [2.75, 3.05) is 6.54 Å². The lowest BCUT2D eigenvalue weighted by atomic mass is 10.1. The molecule has 3 N–H and O–H groups in total. The Kier molecular flexibility index (Phi) is 3.60. The number of rotatable bonds is 4. The molecule has 21 heavy (non-hydrogen) atoms. The molecule has 0 aliphatic heterocycles. The first-order valence-corrected chi connectivity index (χ1v) is 6.86. The molecule has 4 heteroatoms. The van der Waals surface area contributed by atoms with Gasteiger partial charge < -0.3 is 15.4 Å². The van der Waals surface area contributed by atoms with Crippen molar-refractivity contribution in [1.82, 2.24) is 10.3 Å². The SMILES string of the molecule is O=C(NCCc1ccc2cc[nH]c2c1)c1ccccc1O. The molecule has 0 saturated heterocycles. The molecule has 0 fully saturated rings. The van der Waals surface area contributed by atoms with E-state index in [0.29, 0.717) is 12.1 Å². The summed E-state index contributed by atoms with van der Waals surface area (Å²) < 4.78 is 0. The number of carbonyl (C=O) groups is 1. The Balaban J connectivity index is 1.60. The van der Waals surface area contributed by atoms with Gasteiger partial charge in [0.1, 0.15) is 5.75 Å². The van der Waals surface area contributed by atoms with Crippen LogP contribution in [0, 0.1) is 0 Å². The number of aromatic hydroxyl groups is 1. The van der Waals surface area contributed by atoms with Crippen LogP contribution < -0.4 is 5.32 Å². The first-order chi connectivity index (χ1) is 10.2. The van der Waals surface area contributed by atoms with Crippen molar-refractivity contribution < 1.29 is 9.90 Å². The third-order valence-corrected chi connectivity index (χ3v) is 3.47. The zero-order valence-corrected chi connectivity index (χ0v) is 11.5. The van der Waals surface area contributed by atoms with Crippen molar-refractivity contribution in [1.29, 1.82) is 0 Å². The van der Waals surface area contributed by atoms with Gasteiger partial charge in [0.2, 0.25) is 0 Å². The van der Waals surface area contributed by atoms with E-state index in [1.165, 1.54) is 11.5 Å². The van der Waals surface area contributed by atoms with E-state index in [1.54, 1.807) is 18.2 Å². The van der Waals surface area contributed by atoms with Gasteiger partial charge >= 0.3 is 0 Å². The van der Waals surface area contributed by atoms with Gasteiger partial charge in [0.15, 0.2) is 0 Å². The standard InChI is InChI=1S/C17H16N2O2/c20-16-4-2-1-3-14(16)17(21)19-9-7-12-5-6-13-8-10-18-15(13)11-12/h1-6,8,10-11,18,20H,7,9H2,(H,19,21). The summed E-state index contributed by atoms with van der Waals surface area (Å²) in [6.07, 6.45) is 2.66. The molecule has 1 amide bonds. The van der Waals surface area contributed by atoms with Crippen LogP contribution in [0.25, 0.3) is 10.9 Å². The van der Waals surface area contributed by atoms with E-state index in [0.717, 1.165) is 17.5 Å². The highest BCUT2D eigenvalue weighted by molar-refractivity contribution is 5.96. The number of hydrogen-bond acceptors (Lipinski definition) is 2. The third-order valence-electron chi connectivity index (χ3n) is 3.47. The number of nitrogens with one attached hydrogen (secondary N) is 2. The quantitative estimate of drug-likeness (QED) is 0.688. The maximum atomic E-state index is 11.9. The van der Waals surface area contributed by atoms with E-state index in [4.69, 9.17) is 0 Å². The van der Waals surface area contributed by atoms with E-state index < -0.39 is 0 Å². The lowest BCUT2D eigenvalue weighted by Gasteiger charge is -2.07. The number of benzene rings is 2. The number of aromatic amines is 1. The van der Waals surface area contributed by atoms with Gasteiger partial charge in [0, 0.05) is 18.3 Å². The number of phenolic OH excluding ortho intramolecular Hbond substituents is 1. The Bertz CT molecular complexity index is 777. The smallest absolute Gasteiger partial charge is 0.255 e. The van der Waals surface area contributed by atoms with Crippen LogP contribution in [0.3, 0.4) is 0 Å². The topological polar surface area (TPSA) is 65.1 Å². The van der Waals surface area contributed by atoms with E-state index in [-0.39, 0.29) is 11.7 Å². The molecule has 0 atom stereocenters. The zero-order chi connectivity index (χ0) is 14.7. The first-order valence-electron chi connectivity index (χ1n) is 6.86. The van der Waals surface area contributed by atoms with Gasteiger partial charge in [-0.2, -0.15) is 0 Å². The van der Waals surface area contributed by atoms with Crippen molar-refractivity contribution >= 4 is 16.8 Å². The molecule has 3 rings (SSSR count). The van der Waals surface area contributed by atoms with Crippen LogP contribution in [0.15, 0.2) is 54.7 Å². The van der Waals surface area contributed by atoms with Gasteiger partial charge in [0.05, 0.1) is 5.56 Å². The molecule has 0 spiro atoms. The Hall–Kier alpha value is -2.75. The number of para-hydroxylation sites is 1. The Labute approximate surface area is 122 Å². The summed E-state index contributed by atoms with van der Waals surface area (Å²) in [5, 5.41) is 13.6. The fourth-order valence-electron chi connectivity index (χ4n) is 2.33. The van der Waals surface area contributed by atoms with E-state index in [2.05, 4.69) is 28.5 Å². The average Bonchev–Trinajstić information content (AvgIpc) is 2.95. The van der Waals surface area contributed by atoms with Gasteiger partial charge in [-0.25, -0.2) is 0 Å². The summed E-state index contributed by atoms with van der Waals surface area (Å²) >= 11 is 0. The molecule has 3 aromatic rings. The highest BCUT2D eigenvalue weighted by atomic mass is 16.3. The minimum Gasteiger partial charge on any atom is -0.507 e. The summed E-state index contributed by atoms with van der Waals surface area (Å²) in [5.74, 6) is -0.253. The monoisotopic (exact) mass is 280 g/mol. The molecule has 0 bridgehead atoms. The zero-order valence-electron chi connectivity index (χ0n) is 11.5. The number of H-pyrrole nitrogens is 1. The van der Waals surface area contributed by atoms with Gasteiger partial charge in [-0.05, 0) is 41.6 Å². The number of hydrogen-bond donors (Lipinski definition) is 3. The molecule has 106 valence electrons. The molecule has 0 saturated carbocycles. The van der Waals surface area contributed by atoms with Gasteiger partial charge in [0.25, 0.3) is 5.91 Å².